The van der Waals surface area contributed by atoms with Crippen LogP contribution < -0.4 is 0 Å². The van der Waals surface area contributed by atoms with Gasteiger partial charge in [0.05, 0.1) is 11.7 Å². The van der Waals surface area contributed by atoms with Crippen LogP contribution in [-0.2, 0) is 16.1 Å². The van der Waals surface area contributed by atoms with Gasteiger partial charge in [-0.25, -0.2) is 0 Å². The van der Waals surface area contributed by atoms with Crippen molar-refractivity contribution in [2.24, 2.45) is 35.0 Å². The van der Waals surface area contributed by atoms with E-state index in [4.69, 9.17) is 10.00 Å². The molecule has 5 aliphatic rings. The monoisotopic (exact) mass is 423 g/mol. The highest BCUT2D eigenvalue weighted by Crippen LogP contribution is 2.72. The number of carbonyl (C=O) groups excluding carboxylic acids is 1. The summed E-state index contributed by atoms with van der Waals surface area (Å²) in [6.07, 6.45) is 10.6. The van der Waals surface area contributed by atoms with Crippen molar-refractivity contribution in [3.05, 3.63) is 18.0 Å². The molecule has 4 saturated carbocycles. The number of carbonyl (C=O) groups is 1. The number of ketones is 1. The molecular weight excluding hydrogens is 390 g/mol. The molecule has 2 heterocycles. The van der Waals surface area contributed by atoms with E-state index in [0.29, 0.717) is 23.4 Å². The molecule has 5 fully saturated rings. The van der Waals surface area contributed by atoms with E-state index in [1.807, 2.05) is 13.0 Å². The second-order valence-electron chi connectivity index (χ2n) is 11.6. The number of hydrogen-bond acceptors (Lipinski definition) is 5. The number of fused-ring (bicyclic) bond motifs is 7. The van der Waals surface area contributed by atoms with Crippen LogP contribution in [-0.4, -0.2) is 38.0 Å². The van der Waals surface area contributed by atoms with E-state index in [0.717, 1.165) is 43.9 Å². The SMILES string of the molecule is C[C@@]1(O)CC[C@H]2[C@H](CC[C@@H]3[C@@H]2CC[C@@]2(C)[C@H]3C[C@H]3O[C@]32C(=O)Cn2ccc(C#N)n2)C1. The Labute approximate surface area is 184 Å². The normalized spacial score (nSPS) is 49.9. The molecule has 9 atom stereocenters. The summed E-state index contributed by atoms with van der Waals surface area (Å²) in [6.45, 7) is 4.53. The zero-order valence-electron chi connectivity index (χ0n) is 18.6. The van der Waals surface area contributed by atoms with E-state index < -0.39 is 11.2 Å². The zero-order chi connectivity index (χ0) is 21.6. The number of Topliss-reactive ketones (excluding diaryl/α,β-unsaturated/α-hetero) is 1. The van der Waals surface area contributed by atoms with Crippen LogP contribution in [0.15, 0.2) is 12.3 Å². The molecule has 31 heavy (non-hydrogen) atoms. The first-order valence-corrected chi connectivity index (χ1v) is 12.1. The quantitative estimate of drug-likeness (QED) is 0.752. The van der Waals surface area contributed by atoms with Crippen molar-refractivity contribution in [2.45, 2.75) is 89.1 Å². The fourth-order valence-corrected chi connectivity index (χ4v) is 8.77. The van der Waals surface area contributed by atoms with Crippen molar-refractivity contribution in [3.63, 3.8) is 0 Å². The number of nitriles is 1. The van der Waals surface area contributed by atoms with Gasteiger partial charge in [0.25, 0.3) is 0 Å². The average molecular weight is 424 g/mol. The number of epoxide rings is 1. The minimum Gasteiger partial charge on any atom is -0.390 e. The Morgan fingerprint density at radius 2 is 2.06 bits per heavy atom. The molecule has 1 aromatic heterocycles. The molecule has 0 radical (unpaired) electrons. The topological polar surface area (TPSA) is 91.4 Å². The third-order valence-electron chi connectivity index (χ3n) is 10.1. The van der Waals surface area contributed by atoms with Gasteiger partial charge in [-0.3, -0.25) is 9.48 Å². The Morgan fingerprint density at radius 3 is 2.84 bits per heavy atom. The average Bonchev–Trinajstić information content (AvgIpc) is 3.20. The van der Waals surface area contributed by atoms with Crippen LogP contribution in [0.3, 0.4) is 0 Å². The molecule has 4 aliphatic carbocycles. The molecule has 1 N–H and O–H groups in total. The molecule has 0 aromatic carbocycles. The fraction of sp³-hybridized carbons (Fsp3) is 0.800. The van der Waals surface area contributed by atoms with Gasteiger partial charge in [-0.05, 0) is 93.9 Å². The highest BCUT2D eigenvalue weighted by molar-refractivity contribution is 5.92. The smallest absolute Gasteiger partial charge is 0.189 e. The third kappa shape index (κ3) is 2.69. The standard InChI is InChI=1S/C25H33N3O3/c1-23(30)8-5-17-15(12-23)3-4-19-18(17)6-9-24(2)20(19)11-22-25(24,31-22)21(29)14-28-10-7-16(13-26)27-28/h7,10,15,17-20,22,30H,3-6,8-9,11-12,14H2,1-2H3/t15-,17+,18-,19-,20+,22-,23-,24+,25-/m1/s1. The van der Waals surface area contributed by atoms with Crippen LogP contribution in [0.2, 0.25) is 0 Å². The lowest BCUT2D eigenvalue weighted by molar-refractivity contribution is -0.143. The number of rotatable bonds is 3. The van der Waals surface area contributed by atoms with Gasteiger partial charge < -0.3 is 9.84 Å². The first kappa shape index (κ1) is 19.9. The first-order chi connectivity index (χ1) is 14.8. The predicted octanol–water partition coefficient (Wildman–Crippen LogP) is 3.47. The van der Waals surface area contributed by atoms with Gasteiger partial charge in [-0.1, -0.05) is 6.92 Å². The van der Waals surface area contributed by atoms with Gasteiger partial charge in [0.1, 0.15) is 12.6 Å². The molecule has 6 nitrogen and oxygen atoms in total. The van der Waals surface area contributed by atoms with Crippen molar-refractivity contribution in [1.29, 1.82) is 5.26 Å². The van der Waals surface area contributed by atoms with Crippen LogP contribution >= 0.6 is 0 Å². The summed E-state index contributed by atoms with van der Waals surface area (Å²) in [5.41, 5.74) is -0.866. The van der Waals surface area contributed by atoms with Crippen molar-refractivity contribution >= 4 is 5.78 Å². The Morgan fingerprint density at radius 1 is 1.26 bits per heavy atom. The molecule has 166 valence electrons. The zero-order valence-corrected chi connectivity index (χ0v) is 18.6. The van der Waals surface area contributed by atoms with Gasteiger partial charge in [-0.2, -0.15) is 10.4 Å². The molecule has 1 aromatic rings. The van der Waals surface area contributed by atoms with Gasteiger partial charge in [0, 0.05) is 11.6 Å². The number of aromatic nitrogens is 2. The van der Waals surface area contributed by atoms with Crippen LogP contribution in [0.5, 0.6) is 0 Å². The summed E-state index contributed by atoms with van der Waals surface area (Å²) in [5, 5.41) is 23.8. The van der Waals surface area contributed by atoms with Crippen molar-refractivity contribution < 1.29 is 14.6 Å². The maximum absolute atomic E-state index is 13.5. The van der Waals surface area contributed by atoms with Crippen molar-refractivity contribution in [3.8, 4) is 6.07 Å². The minimum atomic E-state index is -0.644. The third-order valence-corrected chi connectivity index (χ3v) is 10.1. The molecule has 0 unspecified atom stereocenters. The molecule has 6 rings (SSSR count). The second-order valence-corrected chi connectivity index (χ2v) is 11.6. The number of aliphatic hydroxyl groups is 1. The number of nitrogens with zero attached hydrogens (tertiary/aromatic N) is 3. The maximum atomic E-state index is 13.5. The van der Waals surface area contributed by atoms with E-state index in [2.05, 4.69) is 12.0 Å². The maximum Gasteiger partial charge on any atom is 0.189 e. The lowest BCUT2D eigenvalue weighted by atomic mass is 9.48. The lowest BCUT2D eigenvalue weighted by Gasteiger charge is -2.57. The molecular formula is C25H33N3O3. The van der Waals surface area contributed by atoms with Crippen LogP contribution in [0.1, 0.15) is 70.9 Å². The highest BCUT2D eigenvalue weighted by atomic mass is 16.6. The van der Waals surface area contributed by atoms with Crippen LogP contribution in [0, 0.1) is 46.3 Å². The second kappa shape index (κ2) is 6.42. The van der Waals surface area contributed by atoms with Gasteiger partial charge in [-0.15, -0.1) is 0 Å². The largest absolute Gasteiger partial charge is 0.390 e. The molecule has 6 heteroatoms. The summed E-state index contributed by atoms with van der Waals surface area (Å²) in [4.78, 5) is 13.5. The van der Waals surface area contributed by atoms with Crippen molar-refractivity contribution in [2.75, 3.05) is 0 Å². The summed E-state index contributed by atoms with van der Waals surface area (Å²) >= 11 is 0. The molecule has 0 bridgehead atoms. The van der Waals surface area contributed by atoms with Gasteiger partial charge in [0.15, 0.2) is 17.1 Å². The summed E-state index contributed by atoms with van der Waals surface area (Å²) < 4.78 is 7.80. The Kier molecular flexibility index (Phi) is 4.13. The Hall–Kier alpha value is -1.71. The number of hydrogen-bond donors (Lipinski definition) is 1. The Balaban J connectivity index is 1.23. The Bertz CT molecular complexity index is 963. The summed E-state index contributed by atoms with van der Waals surface area (Å²) in [5.74, 6) is 3.56. The molecule has 0 spiro atoms. The predicted molar refractivity (Wildman–Crippen MR) is 113 cm³/mol. The van der Waals surface area contributed by atoms with Crippen LogP contribution in [0.4, 0.5) is 0 Å². The van der Waals surface area contributed by atoms with E-state index in [1.165, 1.54) is 19.3 Å². The molecule has 0 amide bonds. The summed E-state index contributed by atoms with van der Waals surface area (Å²) in [7, 11) is 0. The van der Waals surface area contributed by atoms with Crippen molar-refractivity contribution in [1.82, 2.24) is 9.78 Å². The number of ether oxygens (including phenoxy) is 1. The molecule has 1 aliphatic heterocycles. The minimum absolute atomic E-state index is 0.0598. The fourth-order valence-electron chi connectivity index (χ4n) is 8.77. The van der Waals surface area contributed by atoms with E-state index >= 15 is 0 Å². The summed E-state index contributed by atoms with van der Waals surface area (Å²) in [6, 6.07) is 3.68. The van der Waals surface area contributed by atoms with E-state index in [1.54, 1.807) is 16.9 Å². The van der Waals surface area contributed by atoms with Gasteiger partial charge in [0.2, 0.25) is 0 Å². The highest BCUT2D eigenvalue weighted by Gasteiger charge is 2.79. The molecule has 1 saturated heterocycles. The van der Waals surface area contributed by atoms with Crippen LogP contribution in [0.25, 0.3) is 0 Å². The van der Waals surface area contributed by atoms with E-state index in [9.17, 15) is 9.90 Å². The van der Waals surface area contributed by atoms with E-state index in [-0.39, 0.29) is 23.8 Å². The van der Waals surface area contributed by atoms with Gasteiger partial charge >= 0.3 is 0 Å². The first-order valence-electron chi connectivity index (χ1n) is 12.1. The lowest BCUT2D eigenvalue weighted by Crippen LogP contribution is -2.54.